The summed E-state index contributed by atoms with van der Waals surface area (Å²) >= 11 is 0. The molecular weight excluding hydrogens is 215 g/mol. The third-order valence-electron chi connectivity index (χ3n) is 2.84. The monoisotopic (exact) mass is 230 g/mol. The highest BCUT2D eigenvalue weighted by Gasteiger charge is 2.05. The zero-order valence-corrected chi connectivity index (χ0v) is 9.94. The van der Waals surface area contributed by atoms with Crippen LogP contribution in [0.15, 0.2) is 42.5 Å². The summed E-state index contributed by atoms with van der Waals surface area (Å²) in [4.78, 5) is 1.93. The maximum absolute atomic E-state index is 13.1. The molecule has 2 N–H and O–H groups in total. The SMILES string of the molecule is Cc1cc(N(C)c2cccc(F)c2)ccc1N. The van der Waals surface area contributed by atoms with Crippen molar-refractivity contribution in [1.29, 1.82) is 0 Å². The minimum atomic E-state index is -0.235. The summed E-state index contributed by atoms with van der Waals surface area (Å²) in [7, 11) is 1.90. The summed E-state index contributed by atoms with van der Waals surface area (Å²) in [5, 5.41) is 0. The lowest BCUT2D eigenvalue weighted by Gasteiger charge is -2.20. The molecule has 3 heteroatoms. The van der Waals surface area contributed by atoms with Gasteiger partial charge in [-0.2, -0.15) is 0 Å². The number of aryl methyl sites for hydroxylation is 1. The Kier molecular flexibility index (Phi) is 3.00. The van der Waals surface area contributed by atoms with Gasteiger partial charge in [0, 0.05) is 24.1 Å². The van der Waals surface area contributed by atoms with Gasteiger partial charge in [0.25, 0.3) is 0 Å². The maximum Gasteiger partial charge on any atom is 0.125 e. The minimum Gasteiger partial charge on any atom is -0.399 e. The second-order valence-corrected chi connectivity index (χ2v) is 4.08. The lowest BCUT2D eigenvalue weighted by Crippen LogP contribution is -2.10. The number of hydrogen-bond acceptors (Lipinski definition) is 2. The first-order valence-electron chi connectivity index (χ1n) is 5.43. The molecule has 0 aliphatic heterocycles. The molecule has 0 unspecified atom stereocenters. The van der Waals surface area contributed by atoms with Gasteiger partial charge >= 0.3 is 0 Å². The van der Waals surface area contributed by atoms with Crippen molar-refractivity contribution in [3.05, 3.63) is 53.8 Å². The molecule has 0 bridgehead atoms. The molecule has 0 spiro atoms. The minimum absolute atomic E-state index is 0.235. The van der Waals surface area contributed by atoms with Crippen molar-refractivity contribution >= 4 is 17.1 Å². The van der Waals surface area contributed by atoms with E-state index in [1.165, 1.54) is 12.1 Å². The molecule has 0 aliphatic carbocycles. The fraction of sp³-hybridized carbons (Fsp3) is 0.143. The first-order chi connectivity index (χ1) is 8.08. The molecule has 2 aromatic carbocycles. The van der Waals surface area contributed by atoms with E-state index >= 15 is 0 Å². The van der Waals surface area contributed by atoms with Gasteiger partial charge in [-0.3, -0.25) is 0 Å². The van der Waals surface area contributed by atoms with Gasteiger partial charge in [-0.25, -0.2) is 4.39 Å². The van der Waals surface area contributed by atoms with Gasteiger partial charge in [-0.15, -0.1) is 0 Å². The molecule has 0 heterocycles. The van der Waals surface area contributed by atoms with Crippen LogP contribution in [0.25, 0.3) is 0 Å². The summed E-state index contributed by atoms with van der Waals surface area (Å²) < 4.78 is 13.1. The van der Waals surface area contributed by atoms with Crippen LogP contribution in [-0.2, 0) is 0 Å². The molecule has 0 fully saturated rings. The summed E-state index contributed by atoms with van der Waals surface area (Å²) in [5.41, 5.74) is 9.36. The van der Waals surface area contributed by atoms with Crippen molar-refractivity contribution in [1.82, 2.24) is 0 Å². The molecule has 88 valence electrons. The van der Waals surface area contributed by atoms with Crippen molar-refractivity contribution in [3.63, 3.8) is 0 Å². The lowest BCUT2D eigenvalue weighted by molar-refractivity contribution is 0.628. The van der Waals surface area contributed by atoms with Gasteiger partial charge in [0.2, 0.25) is 0 Å². The van der Waals surface area contributed by atoms with Crippen LogP contribution in [-0.4, -0.2) is 7.05 Å². The predicted molar refractivity (Wildman–Crippen MR) is 70.1 cm³/mol. The van der Waals surface area contributed by atoms with Crippen molar-refractivity contribution < 1.29 is 4.39 Å². The number of rotatable bonds is 2. The molecule has 0 aliphatic rings. The average Bonchev–Trinajstić information content (AvgIpc) is 2.32. The standard InChI is InChI=1S/C14H15FN2/c1-10-8-13(6-7-14(10)16)17(2)12-5-3-4-11(15)9-12/h3-9H,16H2,1-2H3. The molecule has 0 saturated carbocycles. The molecular formula is C14H15FN2. The van der Waals surface area contributed by atoms with Gasteiger partial charge in [0.05, 0.1) is 0 Å². The number of anilines is 3. The van der Waals surface area contributed by atoms with E-state index in [4.69, 9.17) is 5.73 Å². The van der Waals surface area contributed by atoms with Crippen LogP contribution in [0.2, 0.25) is 0 Å². The largest absolute Gasteiger partial charge is 0.399 e. The molecule has 2 aromatic rings. The molecule has 2 nitrogen and oxygen atoms in total. The fourth-order valence-corrected chi connectivity index (χ4v) is 1.70. The highest BCUT2D eigenvalue weighted by Crippen LogP contribution is 2.26. The second-order valence-electron chi connectivity index (χ2n) is 4.08. The van der Waals surface area contributed by atoms with Crippen LogP contribution in [0.3, 0.4) is 0 Å². The maximum atomic E-state index is 13.1. The van der Waals surface area contributed by atoms with Crippen LogP contribution in [0.1, 0.15) is 5.56 Å². The highest BCUT2D eigenvalue weighted by atomic mass is 19.1. The molecule has 0 atom stereocenters. The molecule has 0 radical (unpaired) electrons. The predicted octanol–water partition coefficient (Wildman–Crippen LogP) is 3.48. The molecule has 2 rings (SSSR count). The topological polar surface area (TPSA) is 29.3 Å². The first kappa shape index (κ1) is 11.5. The van der Waals surface area contributed by atoms with E-state index in [0.29, 0.717) is 0 Å². The van der Waals surface area contributed by atoms with E-state index in [2.05, 4.69) is 0 Å². The van der Waals surface area contributed by atoms with Crippen molar-refractivity contribution in [2.45, 2.75) is 6.92 Å². The number of nitrogens with two attached hydrogens (primary N) is 1. The Morgan fingerprint density at radius 2 is 1.76 bits per heavy atom. The molecule has 0 aromatic heterocycles. The van der Waals surface area contributed by atoms with Gasteiger partial charge in [-0.05, 0) is 48.9 Å². The number of nitrogens with zero attached hydrogens (tertiary/aromatic N) is 1. The number of hydrogen-bond donors (Lipinski definition) is 1. The second kappa shape index (κ2) is 4.45. The van der Waals surface area contributed by atoms with Gasteiger partial charge in [-0.1, -0.05) is 6.07 Å². The fourth-order valence-electron chi connectivity index (χ4n) is 1.70. The zero-order valence-electron chi connectivity index (χ0n) is 9.94. The zero-order chi connectivity index (χ0) is 12.4. The van der Waals surface area contributed by atoms with Crippen molar-refractivity contribution in [3.8, 4) is 0 Å². The lowest BCUT2D eigenvalue weighted by atomic mass is 10.1. The van der Waals surface area contributed by atoms with Gasteiger partial charge in [0.15, 0.2) is 0 Å². The Hall–Kier alpha value is -2.03. The highest BCUT2D eigenvalue weighted by molar-refractivity contribution is 5.66. The van der Waals surface area contributed by atoms with Crippen LogP contribution >= 0.6 is 0 Å². The summed E-state index contributed by atoms with van der Waals surface area (Å²) in [6.45, 7) is 1.96. The van der Waals surface area contributed by atoms with Crippen LogP contribution < -0.4 is 10.6 Å². The van der Waals surface area contributed by atoms with E-state index in [1.54, 1.807) is 6.07 Å². The van der Waals surface area contributed by atoms with E-state index in [1.807, 2.05) is 43.1 Å². The quantitative estimate of drug-likeness (QED) is 0.800. The van der Waals surface area contributed by atoms with E-state index in [0.717, 1.165) is 22.6 Å². The number of benzene rings is 2. The Morgan fingerprint density at radius 3 is 2.41 bits per heavy atom. The average molecular weight is 230 g/mol. The Balaban J connectivity index is 2.36. The van der Waals surface area contributed by atoms with Crippen LogP contribution in [0, 0.1) is 12.7 Å². The van der Waals surface area contributed by atoms with Gasteiger partial charge in [0.1, 0.15) is 5.82 Å². The van der Waals surface area contributed by atoms with Crippen LogP contribution in [0.5, 0.6) is 0 Å². The van der Waals surface area contributed by atoms with E-state index in [9.17, 15) is 4.39 Å². The van der Waals surface area contributed by atoms with Crippen molar-refractivity contribution in [2.24, 2.45) is 0 Å². The number of nitrogen functional groups attached to an aromatic ring is 1. The normalized spacial score (nSPS) is 10.3. The van der Waals surface area contributed by atoms with E-state index in [-0.39, 0.29) is 5.82 Å². The third kappa shape index (κ3) is 2.38. The summed E-state index contributed by atoms with van der Waals surface area (Å²) in [6.07, 6.45) is 0. The summed E-state index contributed by atoms with van der Waals surface area (Å²) in [6, 6.07) is 12.3. The molecule has 0 saturated heterocycles. The van der Waals surface area contributed by atoms with Gasteiger partial charge < -0.3 is 10.6 Å². The molecule has 17 heavy (non-hydrogen) atoms. The Bertz CT molecular complexity index is 537. The molecule has 0 amide bonds. The Labute approximate surface area is 100 Å². The summed E-state index contributed by atoms with van der Waals surface area (Å²) in [5.74, 6) is -0.235. The Morgan fingerprint density at radius 1 is 1.06 bits per heavy atom. The smallest absolute Gasteiger partial charge is 0.125 e. The van der Waals surface area contributed by atoms with E-state index < -0.39 is 0 Å². The van der Waals surface area contributed by atoms with Crippen LogP contribution in [0.4, 0.5) is 21.5 Å². The van der Waals surface area contributed by atoms with Crippen molar-refractivity contribution in [2.75, 3.05) is 17.7 Å². The third-order valence-corrected chi connectivity index (χ3v) is 2.84. The number of halogens is 1. The first-order valence-corrected chi connectivity index (χ1v) is 5.43.